The van der Waals surface area contributed by atoms with Gasteiger partial charge in [-0.25, -0.2) is 9.78 Å². The minimum atomic E-state index is -0.600. The molecule has 0 aliphatic carbocycles. The summed E-state index contributed by atoms with van der Waals surface area (Å²) in [6.45, 7) is 3.78. The second kappa shape index (κ2) is 4.64. The molecule has 0 fully saturated rings. The van der Waals surface area contributed by atoms with E-state index in [2.05, 4.69) is 9.77 Å². The fourth-order valence-corrected chi connectivity index (χ4v) is 1.62. The Morgan fingerprint density at radius 1 is 1.79 bits per heavy atom. The minimum absolute atomic E-state index is 0.0371. The highest BCUT2D eigenvalue weighted by atomic mass is 32.1. The molecule has 1 N–H and O–H groups in total. The van der Waals surface area contributed by atoms with Gasteiger partial charge in [0.15, 0.2) is 0 Å². The molecule has 0 amide bonds. The first kappa shape index (κ1) is 10.6. The first-order valence-corrected chi connectivity index (χ1v) is 4.91. The number of ether oxygens (including phenoxy) is 1. The summed E-state index contributed by atoms with van der Waals surface area (Å²) in [4.78, 5) is 18.5. The van der Waals surface area contributed by atoms with Crippen molar-refractivity contribution in [3.63, 3.8) is 0 Å². The summed E-state index contributed by atoms with van der Waals surface area (Å²) in [6, 6.07) is 0. The number of nitrogens with zero attached hydrogens (tertiary/aromatic N) is 2. The fourth-order valence-electron chi connectivity index (χ4n) is 0.843. The quantitative estimate of drug-likeness (QED) is 0.352. The number of thiazole rings is 1. The molecular weight excluding hydrogens is 202 g/mol. The third kappa shape index (κ3) is 2.25. The van der Waals surface area contributed by atoms with E-state index < -0.39 is 5.97 Å². The number of carbonyl (C=O) groups excluding carboxylic acids is 1. The van der Waals surface area contributed by atoms with Crippen LogP contribution in [0.5, 0.6) is 0 Å². The Morgan fingerprint density at radius 3 is 2.93 bits per heavy atom. The lowest BCUT2D eigenvalue weighted by Crippen LogP contribution is -2.19. The van der Waals surface area contributed by atoms with Crippen LogP contribution in [0, 0.1) is 12.5 Å². The molecule has 0 unspecified atom stereocenters. The molecule has 0 spiro atoms. The van der Waals surface area contributed by atoms with E-state index in [-0.39, 0.29) is 12.3 Å². The van der Waals surface area contributed by atoms with E-state index in [4.69, 9.17) is 10.3 Å². The number of aryl methyl sites for hydroxylation is 1. The topological polar surface area (TPSA) is 77.1 Å². The fraction of sp³-hybridized carbons (Fsp3) is 0.375. The summed E-state index contributed by atoms with van der Waals surface area (Å²) in [5.41, 5.74) is 7.63. The molecule has 0 saturated carbocycles. The minimum Gasteiger partial charge on any atom is -0.457 e. The summed E-state index contributed by atoms with van der Waals surface area (Å²) in [5, 5.41) is 2.22. The van der Waals surface area contributed by atoms with Crippen LogP contribution in [-0.4, -0.2) is 28.1 Å². The first-order chi connectivity index (χ1) is 6.69. The Bertz CT molecular complexity index is 393. The van der Waals surface area contributed by atoms with E-state index in [9.17, 15) is 4.79 Å². The smallest absolute Gasteiger partial charge is 0.457 e. The molecule has 0 aliphatic heterocycles. The lowest BCUT2D eigenvalue weighted by molar-refractivity contribution is -0.151. The zero-order valence-corrected chi connectivity index (χ0v) is 8.72. The van der Waals surface area contributed by atoms with Crippen LogP contribution in [0.1, 0.15) is 17.6 Å². The van der Waals surface area contributed by atoms with Crippen molar-refractivity contribution in [3.05, 3.63) is 16.1 Å². The number of aromatic nitrogens is 1. The zero-order chi connectivity index (χ0) is 10.6. The Balaban J connectivity index is 2.94. The average Bonchev–Trinajstić information content (AvgIpc) is 2.54. The van der Waals surface area contributed by atoms with Crippen LogP contribution in [0.3, 0.4) is 0 Å². The van der Waals surface area contributed by atoms with Gasteiger partial charge in [0.2, 0.25) is 5.01 Å². The maximum absolute atomic E-state index is 11.3. The molecule has 0 aromatic carbocycles. The molecule has 6 heteroatoms. The van der Waals surface area contributed by atoms with Gasteiger partial charge >= 0.3 is 11.7 Å². The SMILES string of the molecule is CCOC(=O)C(=[N+]=N)c1nc(C)cs1. The van der Waals surface area contributed by atoms with E-state index in [1.54, 1.807) is 12.3 Å². The molecule has 0 bridgehead atoms. The van der Waals surface area contributed by atoms with Crippen molar-refractivity contribution in [2.45, 2.75) is 13.8 Å². The number of rotatable bonds is 3. The molecule has 0 saturated heterocycles. The van der Waals surface area contributed by atoms with E-state index >= 15 is 0 Å². The summed E-state index contributed by atoms with van der Waals surface area (Å²) in [7, 11) is 0. The monoisotopic (exact) mass is 212 g/mol. The molecule has 0 radical (unpaired) electrons. The molecule has 1 rings (SSSR count). The van der Waals surface area contributed by atoms with Crippen LogP contribution >= 0.6 is 11.3 Å². The molecule has 0 atom stereocenters. The van der Waals surface area contributed by atoms with Gasteiger partial charge in [-0.15, -0.1) is 11.3 Å². The second-order valence-electron chi connectivity index (χ2n) is 2.47. The van der Waals surface area contributed by atoms with Gasteiger partial charge in [-0.1, -0.05) is 0 Å². The van der Waals surface area contributed by atoms with Gasteiger partial charge < -0.3 is 4.74 Å². The molecule has 5 nitrogen and oxygen atoms in total. The van der Waals surface area contributed by atoms with Crippen LogP contribution in [-0.2, 0) is 9.53 Å². The molecule has 14 heavy (non-hydrogen) atoms. The van der Waals surface area contributed by atoms with Gasteiger partial charge in [0.1, 0.15) is 0 Å². The highest BCUT2D eigenvalue weighted by Gasteiger charge is 2.30. The third-order valence-electron chi connectivity index (χ3n) is 1.40. The number of carbonyl (C=O) groups is 1. The molecule has 0 aliphatic rings. The van der Waals surface area contributed by atoms with Crippen molar-refractivity contribution in [1.82, 2.24) is 4.98 Å². The highest BCUT2D eigenvalue weighted by Crippen LogP contribution is 2.09. The third-order valence-corrected chi connectivity index (χ3v) is 2.37. The summed E-state index contributed by atoms with van der Waals surface area (Å²) in [5.74, 6) is -0.600. The Hall–Kier alpha value is -1.52. The van der Waals surface area contributed by atoms with E-state index in [1.165, 1.54) is 11.3 Å². The predicted molar refractivity (Wildman–Crippen MR) is 50.6 cm³/mol. The number of hydrogen-bond donors (Lipinski definition) is 1. The van der Waals surface area contributed by atoms with Gasteiger partial charge in [-0.3, -0.25) is 0 Å². The highest BCUT2D eigenvalue weighted by molar-refractivity contribution is 7.12. The van der Waals surface area contributed by atoms with E-state index in [0.29, 0.717) is 5.01 Å². The molecule has 1 heterocycles. The Kier molecular flexibility index (Phi) is 3.50. The summed E-state index contributed by atoms with van der Waals surface area (Å²) >= 11 is 1.27. The summed E-state index contributed by atoms with van der Waals surface area (Å²) in [6.07, 6.45) is 0. The predicted octanol–water partition coefficient (Wildman–Crippen LogP) is 1.04. The average molecular weight is 212 g/mol. The normalized spacial score (nSPS) is 9.29. The Morgan fingerprint density at radius 2 is 2.50 bits per heavy atom. The lowest BCUT2D eigenvalue weighted by atomic mass is 10.4. The second-order valence-corrected chi connectivity index (χ2v) is 3.33. The van der Waals surface area contributed by atoms with Gasteiger partial charge in [0, 0.05) is 11.1 Å². The van der Waals surface area contributed by atoms with E-state index in [0.717, 1.165) is 5.69 Å². The summed E-state index contributed by atoms with van der Waals surface area (Å²) < 4.78 is 4.74. The maximum Gasteiger partial charge on any atom is 0.483 e. The van der Waals surface area contributed by atoms with Crippen molar-refractivity contribution in [1.29, 1.82) is 5.53 Å². The van der Waals surface area contributed by atoms with Crippen LogP contribution in [0.15, 0.2) is 5.38 Å². The number of esters is 1. The lowest BCUT2D eigenvalue weighted by Gasteiger charge is -1.92. The standard InChI is InChI=1S/C8H10N3O2S/c1-3-13-8(12)6(11-9)7-10-5(2)4-14-7/h4,9H,3H2,1-2H3/q+1. The Labute approximate surface area is 85.0 Å². The van der Waals surface area contributed by atoms with Crippen LogP contribution in [0.2, 0.25) is 0 Å². The molecular formula is C8H10N3O2S+. The number of nitrogens with one attached hydrogen (secondary N) is 1. The number of hydrogen-bond acceptors (Lipinski definition) is 5. The van der Waals surface area contributed by atoms with Crippen LogP contribution in [0.25, 0.3) is 0 Å². The van der Waals surface area contributed by atoms with Crippen molar-refractivity contribution < 1.29 is 14.3 Å². The van der Waals surface area contributed by atoms with Crippen molar-refractivity contribution in [2.24, 2.45) is 0 Å². The van der Waals surface area contributed by atoms with Gasteiger partial charge in [0.25, 0.3) is 0 Å². The van der Waals surface area contributed by atoms with Crippen LogP contribution < -0.4 is 0 Å². The van der Waals surface area contributed by atoms with Gasteiger partial charge in [0.05, 0.1) is 16.9 Å². The molecule has 74 valence electrons. The van der Waals surface area contributed by atoms with Gasteiger partial charge in [-0.05, 0) is 13.8 Å². The largest absolute Gasteiger partial charge is 0.483 e. The maximum atomic E-state index is 11.3. The van der Waals surface area contributed by atoms with Gasteiger partial charge in [-0.2, -0.15) is 0 Å². The van der Waals surface area contributed by atoms with Crippen molar-refractivity contribution in [3.8, 4) is 0 Å². The van der Waals surface area contributed by atoms with Crippen LogP contribution in [0.4, 0.5) is 0 Å². The molecule has 1 aromatic rings. The first-order valence-electron chi connectivity index (χ1n) is 4.03. The zero-order valence-electron chi connectivity index (χ0n) is 7.90. The van der Waals surface area contributed by atoms with Crippen molar-refractivity contribution in [2.75, 3.05) is 6.61 Å². The van der Waals surface area contributed by atoms with Crippen molar-refractivity contribution >= 4 is 23.0 Å². The van der Waals surface area contributed by atoms with E-state index in [1.807, 2.05) is 6.92 Å². The molecule has 1 aromatic heterocycles.